The van der Waals surface area contributed by atoms with Crippen molar-refractivity contribution in [3.8, 4) is 0 Å². The van der Waals surface area contributed by atoms with Gasteiger partial charge in [-0.3, -0.25) is 0 Å². The molecular formula is C10H18N4O3. The van der Waals surface area contributed by atoms with E-state index in [9.17, 15) is 9.59 Å². The second kappa shape index (κ2) is 6.72. The molecule has 1 saturated heterocycles. The molecule has 0 aromatic rings. The Morgan fingerprint density at radius 1 is 1.47 bits per heavy atom. The minimum atomic E-state index is -0.677. The molecule has 1 aliphatic rings. The molecule has 1 rings (SSSR count). The van der Waals surface area contributed by atoms with Gasteiger partial charge in [0, 0.05) is 25.2 Å². The number of carbonyl (C=O) groups is 2. The number of nitrogens with one attached hydrogen (secondary N) is 1. The van der Waals surface area contributed by atoms with Gasteiger partial charge in [0.1, 0.15) is 0 Å². The topological polar surface area (TPSA) is 97.0 Å². The Morgan fingerprint density at radius 2 is 2.24 bits per heavy atom. The molecular weight excluding hydrogens is 224 g/mol. The van der Waals surface area contributed by atoms with Crippen molar-refractivity contribution < 1.29 is 14.3 Å². The molecule has 7 heteroatoms. The van der Waals surface area contributed by atoms with Gasteiger partial charge in [0.05, 0.1) is 6.61 Å². The van der Waals surface area contributed by atoms with Gasteiger partial charge in [-0.2, -0.15) is 5.10 Å². The number of carbonyl (C=O) groups excluding carboxylic acids is 2. The molecule has 0 unspecified atom stereocenters. The Kier molecular flexibility index (Phi) is 5.25. The first-order valence-electron chi connectivity index (χ1n) is 5.66. The molecule has 0 atom stereocenters. The van der Waals surface area contributed by atoms with Crippen LogP contribution in [0.15, 0.2) is 5.10 Å². The van der Waals surface area contributed by atoms with Crippen LogP contribution in [0.1, 0.15) is 26.2 Å². The van der Waals surface area contributed by atoms with Gasteiger partial charge in [0.2, 0.25) is 0 Å². The Labute approximate surface area is 100.0 Å². The number of primary amides is 1. The van der Waals surface area contributed by atoms with Crippen LogP contribution in [0.5, 0.6) is 0 Å². The average Bonchev–Trinajstić information content (AvgIpc) is 2.52. The molecule has 0 saturated carbocycles. The smallest absolute Gasteiger partial charge is 0.409 e. The minimum absolute atomic E-state index is 0.295. The van der Waals surface area contributed by atoms with Crippen molar-refractivity contribution in [3.05, 3.63) is 0 Å². The van der Waals surface area contributed by atoms with Gasteiger partial charge in [0.25, 0.3) is 0 Å². The third-order valence-corrected chi connectivity index (χ3v) is 2.41. The lowest BCUT2D eigenvalue weighted by molar-refractivity contribution is 0.109. The van der Waals surface area contributed by atoms with E-state index in [0.29, 0.717) is 26.1 Å². The predicted molar refractivity (Wildman–Crippen MR) is 62.6 cm³/mol. The van der Waals surface area contributed by atoms with Gasteiger partial charge in [-0.25, -0.2) is 15.0 Å². The highest BCUT2D eigenvalue weighted by Crippen LogP contribution is 2.09. The zero-order chi connectivity index (χ0) is 12.7. The van der Waals surface area contributed by atoms with Crippen molar-refractivity contribution in [1.29, 1.82) is 0 Å². The Hall–Kier alpha value is -1.79. The maximum atomic E-state index is 11.5. The van der Waals surface area contributed by atoms with Crippen LogP contribution in [0.2, 0.25) is 0 Å². The van der Waals surface area contributed by atoms with Crippen molar-refractivity contribution in [2.45, 2.75) is 26.2 Å². The van der Waals surface area contributed by atoms with E-state index in [1.807, 2.05) is 0 Å². The Bertz CT molecular complexity index is 317. The van der Waals surface area contributed by atoms with Crippen molar-refractivity contribution in [2.24, 2.45) is 10.8 Å². The number of urea groups is 1. The largest absolute Gasteiger partial charge is 0.450 e. The molecule has 17 heavy (non-hydrogen) atoms. The summed E-state index contributed by atoms with van der Waals surface area (Å²) >= 11 is 0. The molecule has 0 aromatic carbocycles. The first kappa shape index (κ1) is 13.3. The first-order valence-corrected chi connectivity index (χ1v) is 5.66. The fourth-order valence-corrected chi connectivity index (χ4v) is 1.62. The average molecular weight is 242 g/mol. The van der Waals surface area contributed by atoms with E-state index < -0.39 is 6.03 Å². The van der Waals surface area contributed by atoms with Gasteiger partial charge in [-0.05, 0) is 19.8 Å². The number of nitrogens with zero attached hydrogens (tertiary/aromatic N) is 2. The number of likely N-dealkylation sites (tertiary alicyclic amines) is 1. The summed E-state index contributed by atoms with van der Waals surface area (Å²) in [7, 11) is 0. The normalized spacial score (nSPS) is 18.6. The highest BCUT2D eigenvalue weighted by molar-refractivity contribution is 5.86. The third kappa shape index (κ3) is 4.71. The maximum Gasteiger partial charge on any atom is 0.409 e. The zero-order valence-electron chi connectivity index (χ0n) is 9.94. The standard InChI is InChI=1S/C10H18N4O3/c1-2-17-10(16)14-6-3-4-8(5-7-14)12-13-9(11)15/h2-7H2,1H3,(H3,11,13,15)/b12-8+. The highest BCUT2D eigenvalue weighted by Gasteiger charge is 2.18. The Morgan fingerprint density at radius 3 is 2.88 bits per heavy atom. The summed E-state index contributed by atoms with van der Waals surface area (Å²) in [6.07, 6.45) is 1.88. The SMILES string of the molecule is CCOC(=O)N1CCC/C(=N\NC(N)=O)CC1. The van der Waals surface area contributed by atoms with Crippen LogP contribution in [0.4, 0.5) is 9.59 Å². The van der Waals surface area contributed by atoms with Crippen LogP contribution < -0.4 is 11.2 Å². The van der Waals surface area contributed by atoms with E-state index in [1.165, 1.54) is 0 Å². The van der Waals surface area contributed by atoms with E-state index in [0.717, 1.165) is 18.6 Å². The number of nitrogens with two attached hydrogens (primary N) is 1. The van der Waals surface area contributed by atoms with E-state index in [4.69, 9.17) is 10.5 Å². The molecule has 3 N–H and O–H groups in total. The van der Waals surface area contributed by atoms with E-state index >= 15 is 0 Å². The highest BCUT2D eigenvalue weighted by atomic mass is 16.6. The molecule has 1 fully saturated rings. The third-order valence-electron chi connectivity index (χ3n) is 2.41. The number of hydrogen-bond donors (Lipinski definition) is 2. The van der Waals surface area contributed by atoms with Crippen LogP contribution in [0.25, 0.3) is 0 Å². The number of amides is 3. The zero-order valence-corrected chi connectivity index (χ0v) is 9.94. The molecule has 0 bridgehead atoms. The van der Waals surface area contributed by atoms with Crippen molar-refractivity contribution >= 4 is 17.8 Å². The summed E-state index contributed by atoms with van der Waals surface area (Å²) in [5.41, 5.74) is 7.97. The maximum absolute atomic E-state index is 11.5. The predicted octanol–water partition coefficient (Wildman–Crippen LogP) is 0.653. The van der Waals surface area contributed by atoms with Gasteiger partial charge >= 0.3 is 12.1 Å². The van der Waals surface area contributed by atoms with Gasteiger partial charge < -0.3 is 15.4 Å². The molecule has 0 radical (unpaired) electrons. The van der Waals surface area contributed by atoms with E-state index in [1.54, 1.807) is 11.8 Å². The molecule has 1 aliphatic heterocycles. The van der Waals surface area contributed by atoms with Crippen molar-refractivity contribution in [2.75, 3.05) is 19.7 Å². The molecule has 3 amide bonds. The summed E-state index contributed by atoms with van der Waals surface area (Å²) < 4.78 is 4.93. The summed E-state index contributed by atoms with van der Waals surface area (Å²) in [6.45, 7) is 3.35. The molecule has 0 aliphatic carbocycles. The monoisotopic (exact) mass is 242 g/mol. The molecule has 0 spiro atoms. The van der Waals surface area contributed by atoms with Crippen molar-refractivity contribution in [1.82, 2.24) is 10.3 Å². The van der Waals surface area contributed by atoms with Crippen molar-refractivity contribution in [3.63, 3.8) is 0 Å². The quantitative estimate of drug-likeness (QED) is 0.696. The molecule has 7 nitrogen and oxygen atoms in total. The van der Waals surface area contributed by atoms with Gasteiger partial charge in [-0.15, -0.1) is 0 Å². The van der Waals surface area contributed by atoms with Crippen LogP contribution in [-0.4, -0.2) is 42.4 Å². The summed E-state index contributed by atoms with van der Waals surface area (Å²) in [5, 5.41) is 3.90. The molecule has 96 valence electrons. The number of hydrogen-bond acceptors (Lipinski definition) is 4. The number of ether oxygens (including phenoxy) is 1. The fraction of sp³-hybridized carbons (Fsp3) is 0.700. The summed E-state index contributed by atoms with van der Waals surface area (Å²) in [4.78, 5) is 23.7. The lowest BCUT2D eigenvalue weighted by Crippen LogP contribution is -2.32. The van der Waals surface area contributed by atoms with Gasteiger partial charge in [0.15, 0.2) is 0 Å². The lowest BCUT2D eigenvalue weighted by atomic mass is 10.2. The fourth-order valence-electron chi connectivity index (χ4n) is 1.62. The number of hydrazone groups is 1. The van der Waals surface area contributed by atoms with E-state index in [-0.39, 0.29) is 6.09 Å². The van der Waals surface area contributed by atoms with Crippen LogP contribution in [-0.2, 0) is 4.74 Å². The Balaban J connectivity index is 2.46. The second-order valence-corrected chi connectivity index (χ2v) is 3.69. The second-order valence-electron chi connectivity index (χ2n) is 3.69. The molecule has 1 heterocycles. The minimum Gasteiger partial charge on any atom is -0.450 e. The number of rotatable bonds is 2. The van der Waals surface area contributed by atoms with Crippen LogP contribution in [0, 0.1) is 0 Å². The van der Waals surface area contributed by atoms with E-state index in [2.05, 4.69) is 10.5 Å². The summed E-state index contributed by atoms with van der Waals surface area (Å²) in [6, 6.07) is -0.677. The van der Waals surface area contributed by atoms with Gasteiger partial charge in [-0.1, -0.05) is 0 Å². The molecule has 0 aromatic heterocycles. The summed E-state index contributed by atoms with van der Waals surface area (Å²) in [5.74, 6) is 0. The van der Waals surface area contributed by atoms with Crippen LogP contribution in [0.3, 0.4) is 0 Å². The van der Waals surface area contributed by atoms with Crippen LogP contribution >= 0.6 is 0 Å². The first-order chi connectivity index (χ1) is 8.13. The lowest BCUT2D eigenvalue weighted by Gasteiger charge is -2.18.